The van der Waals surface area contributed by atoms with E-state index >= 15 is 0 Å². The summed E-state index contributed by atoms with van der Waals surface area (Å²) in [7, 11) is 0. The van der Waals surface area contributed by atoms with Crippen LogP contribution in [-0.2, 0) is 13.0 Å². The lowest BCUT2D eigenvalue weighted by molar-refractivity contribution is 0.317. The minimum atomic E-state index is 0.701. The SMILES string of the molecule is CCCNCc1ccncc1OCCc1cccs1. The number of nitrogens with zero attached hydrogens (tertiary/aromatic N) is 1. The molecule has 1 N–H and O–H groups in total. The lowest BCUT2D eigenvalue weighted by Gasteiger charge is -2.11. The first-order valence-electron chi connectivity index (χ1n) is 6.69. The van der Waals surface area contributed by atoms with Crippen LogP contribution in [0, 0.1) is 0 Å². The first-order chi connectivity index (χ1) is 9.40. The van der Waals surface area contributed by atoms with Gasteiger partial charge in [-0.25, -0.2) is 0 Å². The Morgan fingerprint density at radius 3 is 3.11 bits per heavy atom. The van der Waals surface area contributed by atoms with Gasteiger partial charge in [0.1, 0.15) is 5.75 Å². The molecule has 0 bridgehead atoms. The molecule has 19 heavy (non-hydrogen) atoms. The molecular weight excluding hydrogens is 256 g/mol. The molecule has 0 radical (unpaired) electrons. The van der Waals surface area contributed by atoms with Gasteiger partial charge in [0.2, 0.25) is 0 Å². The Morgan fingerprint density at radius 2 is 2.32 bits per heavy atom. The second kappa shape index (κ2) is 7.92. The normalized spacial score (nSPS) is 10.6. The number of aromatic nitrogens is 1. The average molecular weight is 276 g/mol. The summed E-state index contributed by atoms with van der Waals surface area (Å²) in [4.78, 5) is 5.50. The summed E-state index contributed by atoms with van der Waals surface area (Å²) in [6.45, 7) is 4.73. The fourth-order valence-corrected chi connectivity index (χ4v) is 2.49. The molecule has 4 heteroatoms. The third kappa shape index (κ3) is 4.65. The Bertz CT molecular complexity index is 471. The smallest absolute Gasteiger partial charge is 0.142 e. The zero-order valence-corrected chi connectivity index (χ0v) is 12.1. The lowest BCUT2D eigenvalue weighted by atomic mass is 10.2. The molecule has 2 heterocycles. The summed E-state index contributed by atoms with van der Waals surface area (Å²) < 4.78 is 5.85. The number of pyridine rings is 1. The molecule has 0 aromatic carbocycles. The van der Waals surface area contributed by atoms with Crippen molar-refractivity contribution in [2.24, 2.45) is 0 Å². The Kier molecular flexibility index (Phi) is 5.85. The minimum Gasteiger partial charge on any atom is -0.491 e. The van der Waals surface area contributed by atoms with Crippen molar-refractivity contribution in [3.63, 3.8) is 0 Å². The van der Waals surface area contributed by atoms with Gasteiger partial charge in [0.15, 0.2) is 0 Å². The summed E-state index contributed by atoms with van der Waals surface area (Å²) in [5.41, 5.74) is 1.18. The van der Waals surface area contributed by atoms with Crippen molar-refractivity contribution < 1.29 is 4.74 Å². The van der Waals surface area contributed by atoms with Gasteiger partial charge in [-0.05, 0) is 30.5 Å². The zero-order chi connectivity index (χ0) is 13.3. The molecule has 0 aliphatic rings. The predicted octanol–water partition coefficient (Wildman–Crippen LogP) is 3.26. The van der Waals surface area contributed by atoms with Crippen molar-refractivity contribution in [3.05, 3.63) is 46.4 Å². The Hall–Kier alpha value is -1.39. The summed E-state index contributed by atoms with van der Waals surface area (Å²) in [5, 5.41) is 5.49. The molecule has 0 fully saturated rings. The topological polar surface area (TPSA) is 34.2 Å². The molecule has 2 aromatic rings. The number of ether oxygens (including phenoxy) is 1. The summed E-state index contributed by atoms with van der Waals surface area (Å²) in [5.74, 6) is 0.891. The van der Waals surface area contributed by atoms with Crippen molar-refractivity contribution >= 4 is 11.3 Å². The third-order valence-corrected chi connectivity index (χ3v) is 3.73. The van der Waals surface area contributed by atoms with Crippen LogP contribution in [0.25, 0.3) is 0 Å². The highest BCUT2D eigenvalue weighted by atomic mass is 32.1. The Morgan fingerprint density at radius 1 is 1.37 bits per heavy atom. The van der Waals surface area contributed by atoms with E-state index in [9.17, 15) is 0 Å². The van der Waals surface area contributed by atoms with E-state index < -0.39 is 0 Å². The number of nitrogens with one attached hydrogen (secondary N) is 1. The van der Waals surface area contributed by atoms with E-state index in [0.717, 1.165) is 31.7 Å². The van der Waals surface area contributed by atoms with Crippen LogP contribution < -0.4 is 10.1 Å². The third-order valence-electron chi connectivity index (χ3n) is 2.80. The van der Waals surface area contributed by atoms with E-state index in [0.29, 0.717) is 6.61 Å². The molecular formula is C15H20N2OS. The van der Waals surface area contributed by atoms with Crippen molar-refractivity contribution in [2.75, 3.05) is 13.2 Å². The van der Waals surface area contributed by atoms with Crippen LogP contribution in [0.4, 0.5) is 0 Å². The second-order valence-electron chi connectivity index (χ2n) is 4.34. The van der Waals surface area contributed by atoms with Crippen molar-refractivity contribution in [1.29, 1.82) is 0 Å². The first kappa shape index (κ1) is 14.0. The average Bonchev–Trinajstić information content (AvgIpc) is 2.94. The van der Waals surface area contributed by atoms with Crippen LogP contribution in [-0.4, -0.2) is 18.1 Å². The van der Waals surface area contributed by atoms with Crippen LogP contribution >= 0.6 is 11.3 Å². The fourth-order valence-electron chi connectivity index (χ4n) is 1.80. The fraction of sp³-hybridized carbons (Fsp3) is 0.400. The van der Waals surface area contributed by atoms with E-state index in [-0.39, 0.29) is 0 Å². The van der Waals surface area contributed by atoms with Gasteiger partial charge in [-0.2, -0.15) is 0 Å². The van der Waals surface area contributed by atoms with Crippen LogP contribution in [0.5, 0.6) is 5.75 Å². The monoisotopic (exact) mass is 276 g/mol. The van der Waals surface area contributed by atoms with Gasteiger partial charge >= 0.3 is 0 Å². The number of hydrogen-bond donors (Lipinski definition) is 1. The van der Waals surface area contributed by atoms with Gasteiger partial charge in [0.05, 0.1) is 12.8 Å². The molecule has 0 amide bonds. The first-order valence-corrected chi connectivity index (χ1v) is 7.57. The highest BCUT2D eigenvalue weighted by Crippen LogP contribution is 2.17. The highest BCUT2D eigenvalue weighted by molar-refractivity contribution is 7.09. The van der Waals surface area contributed by atoms with Crippen LogP contribution in [0.3, 0.4) is 0 Å². The maximum Gasteiger partial charge on any atom is 0.142 e. The second-order valence-corrected chi connectivity index (χ2v) is 5.37. The Balaban J connectivity index is 1.84. The van der Waals surface area contributed by atoms with Crippen LogP contribution in [0.1, 0.15) is 23.8 Å². The van der Waals surface area contributed by atoms with E-state index in [1.54, 1.807) is 17.5 Å². The summed E-state index contributed by atoms with van der Waals surface area (Å²) in [6, 6.07) is 6.23. The zero-order valence-electron chi connectivity index (χ0n) is 11.3. The quantitative estimate of drug-likeness (QED) is 0.751. The van der Waals surface area contributed by atoms with Crippen LogP contribution in [0.15, 0.2) is 36.0 Å². The largest absolute Gasteiger partial charge is 0.491 e. The molecule has 0 unspecified atom stereocenters. The molecule has 0 saturated carbocycles. The Labute approximate surface area is 118 Å². The lowest BCUT2D eigenvalue weighted by Crippen LogP contribution is -2.15. The van der Waals surface area contributed by atoms with Gasteiger partial charge < -0.3 is 10.1 Å². The summed E-state index contributed by atoms with van der Waals surface area (Å²) >= 11 is 1.77. The standard InChI is InChI=1S/C15H20N2OS/c1-2-7-16-11-13-5-8-17-12-15(13)18-9-6-14-4-3-10-19-14/h3-5,8,10,12,16H,2,6-7,9,11H2,1H3. The molecule has 0 aliphatic carbocycles. The van der Waals surface area contributed by atoms with E-state index in [1.807, 2.05) is 12.3 Å². The van der Waals surface area contributed by atoms with Crippen molar-refractivity contribution in [2.45, 2.75) is 26.3 Å². The summed E-state index contributed by atoms with van der Waals surface area (Å²) in [6.07, 6.45) is 5.71. The number of rotatable bonds is 8. The maximum atomic E-state index is 5.85. The maximum absolute atomic E-state index is 5.85. The van der Waals surface area contributed by atoms with Crippen LogP contribution in [0.2, 0.25) is 0 Å². The van der Waals surface area contributed by atoms with Crippen molar-refractivity contribution in [3.8, 4) is 5.75 Å². The molecule has 0 spiro atoms. The molecule has 102 valence electrons. The number of hydrogen-bond acceptors (Lipinski definition) is 4. The predicted molar refractivity (Wildman–Crippen MR) is 79.8 cm³/mol. The molecule has 0 aliphatic heterocycles. The van der Waals surface area contributed by atoms with Gasteiger partial charge in [0, 0.05) is 29.6 Å². The number of thiophene rings is 1. The van der Waals surface area contributed by atoms with Gasteiger partial charge in [-0.3, -0.25) is 4.98 Å². The van der Waals surface area contributed by atoms with E-state index in [2.05, 4.69) is 34.7 Å². The molecule has 2 rings (SSSR count). The molecule has 0 saturated heterocycles. The van der Waals surface area contributed by atoms with Gasteiger partial charge in [-0.15, -0.1) is 11.3 Å². The highest BCUT2D eigenvalue weighted by Gasteiger charge is 2.03. The van der Waals surface area contributed by atoms with Crippen molar-refractivity contribution in [1.82, 2.24) is 10.3 Å². The van der Waals surface area contributed by atoms with Gasteiger partial charge in [-0.1, -0.05) is 13.0 Å². The minimum absolute atomic E-state index is 0.701. The molecule has 2 aromatic heterocycles. The molecule has 0 atom stereocenters. The molecule has 3 nitrogen and oxygen atoms in total. The van der Waals surface area contributed by atoms with E-state index in [4.69, 9.17) is 4.74 Å². The van der Waals surface area contributed by atoms with E-state index in [1.165, 1.54) is 10.4 Å². The van der Waals surface area contributed by atoms with Gasteiger partial charge in [0.25, 0.3) is 0 Å².